The van der Waals surface area contributed by atoms with Crippen molar-refractivity contribution in [3.05, 3.63) is 12.7 Å². The van der Waals surface area contributed by atoms with Gasteiger partial charge in [0.05, 0.1) is 12.0 Å². The molecular weight excluding hydrogens is 224 g/mol. The number of nitrogens with one attached hydrogen (secondary N) is 1. The quantitative estimate of drug-likeness (QED) is 0.561. The highest BCUT2D eigenvalue weighted by molar-refractivity contribution is 5.77. The molecule has 0 saturated carbocycles. The Balaban J connectivity index is 4.31. The van der Waals surface area contributed by atoms with Gasteiger partial charge in [-0.25, -0.2) is 4.79 Å². The second kappa shape index (κ2) is 6.90. The van der Waals surface area contributed by atoms with Gasteiger partial charge < -0.3 is 20.4 Å². The molecule has 0 saturated heterocycles. The van der Waals surface area contributed by atoms with Crippen LogP contribution in [-0.2, 0) is 4.79 Å². The van der Waals surface area contributed by atoms with E-state index in [2.05, 4.69) is 11.9 Å². The molecule has 0 heterocycles. The second-order valence-corrected chi connectivity index (χ2v) is 4.31. The zero-order valence-corrected chi connectivity index (χ0v) is 10.3. The van der Waals surface area contributed by atoms with Crippen molar-refractivity contribution in [1.82, 2.24) is 10.2 Å². The van der Waals surface area contributed by atoms with Crippen molar-refractivity contribution in [3.63, 3.8) is 0 Å². The summed E-state index contributed by atoms with van der Waals surface area (Å²) in [7, 11) is 0. The highest BCUT2D eigenvalue weighted by atomic mass is 16.4. The van der Waals surface area contributed by atoms with Gasteiger partial charge in [0.15, 0.2) is 0 Å². The van der Waals surface area contributed by atoms with Gasteiger partial charge in [0.1, 0.15) is 0 Å². The van der Waals surface area contributed by atoms with Crippen molar-refractivity contribution in [2.24, 2.45) is 5.41 Å². The number of hydrogen-bond acceptors (Lipinski definition) is 3. The smallest absolute Gasteiger partial charge is 0.317 e. The van der Waals surface area contributed by atoms with Gasteiger partial charge in [-0.2, -0.15) is 0 Å². The molecule has 0 unspecified atom stereocenters. The zero-order valence-electron chi connectivity index (χ0n) is 10.3. The number of rotatable bonds is 7. The average Bonchev–Trinajstić information content (AvgIpc) is 2.25. The van der Waals surface area contributed by atoms with Crippen LogP contribution in [0.5, 0.6) is 0 Å². The molecule has 0 aliphatic rings. The Morgan fingerprint density at radius 1 is 1.47 bits per heavy atom. The van der Waals surface area contributed by atoms with E-state index in [-0.39, 0.29) is 19.7 Å². The molecule has 0 aromatic carbocycles. The van der Waals surface area contributed by atoms with Gasteiger partial charge in [-0.05, 0) is 13.8 Å². The first-order valence-electron chi connectivity index (χ1n) is 5.33. The van der Waals surface area contributed by atoms with Crippen LogP contribution in [0.1, 0.15) is 13.8 Å². The number of carboxylic acid groups (broad SMARTS) is 1. The lowest BCUT2D eigenvalue weighted by Crippen LogP contribution is -2.46. The van der Waals surface area contributed by atoms with Crippen LogP contribution >= 0.6 is 0 Å². The third kappa shape index (κ3) is 5.35. The number of carbonyl (C=O) groups excluding carboxylic acids is 1. The average molecular weight is 244 g/mol. The maximum atomic E-state index is 11.7. The van der Waals surface area contributed by atoms with Crippen LogP contribution in [0.3, 0.4) is 0 Å². The molecule has 0 bridgehead atoms. The Kier molecular flexibility index (Phi) is 6.27. The lowest BCUT2D eigenvalue weighted by atomic mass is 9.94. The van der Waals surface area contributed by atoms with E-state index in [9.17, 15) is 9.59 Å². The summed E-state index contributed by atoms with van der Waals surface area (Å²) in [6, 6.07) is -0.409. The first-order chi connectivity index (χ1) is 7.85. The maximum Gasteiger partial charge on any atom is 0.317 e. The lowest BCUT2D eigenvalue weighted by Gasteiger charge is -2.24. The zero-order chi connectivity index (χ0) is 13.5. The third-order valence-corrected chi connectivity index (χ3v) is 2.27. The minimum Gasteiger partial charge on any atom is -0.481 e. The van der Waals surface area contributed by atoms with E-state index in [1.54, 1.807) is 0 Å². The van der Waals surface area contributed by atoms with Crippen molar-refractivity contribution >= 4 is 12.0 Å². The number of nitrogens with zero attached hydrogens (tertiary/aromatic N) is 1. The van der Waals surface area contributed by atoms with E-state index in [4.69, 9.17) is 10.2 Å². The second-order valence-electron chi connectivity index (χ2n) is 4.31. The largest absolute Gasteiger partial charge is 0.481 e. The number of carboxylic acids is 1. The number of carbonyl (C=O) groups is 2. The molecule has 0 rings (SSSR count). The summed E-state index contributed by atoms with van der Waals surface area (Å²) in [4.78, 5) is 23.8. The Bertz CT molecular complexity index is 289. The fourth-order valence-corrected chi connectivity index (χ4v) is 1.04. The van der Waals surface area contributed by atoms with E-state index in [0.29, 0.717) is 6.54 Å². The van der Waals surface area contributed by atoms with Crippen LogP contribution < -0.4 is 5.32 Å². The molecule has 0 aliphatic carbocycles. The van der Waals surface area contributed by atoms with E-state index < -0.39 is 17.4 Å². The molecule has 0 spiro atoms. The van der Waals surface area contributed by atoms with Crippen LogP contribution in [0.2, 0.25) is 0 Å². The van der Waals surface area contributed by atoms with Crippen molar-refractivity contribution < 1.29 is 19.8 Å². The van der Waals surface area contributed by atoms with E-state index in [0.717, 1.165) is 0 Å². The normalized spacial score (nSPS) is 10.8. The maximum absolute atomic E-state index is 11.7. The molecule has 0 fully saturated rings. The lowest BCUT2D eigenvalue weighted by molar-refractivity contribution is -0.146. The molecule has 0 radical (unpaired) electrons. The summed E-state index contributed by atoms with van der Waals surface area (Å²) in [5.41, 5.74) is -1.02. The topological polar surface area (TPSA) is 89.9 Å². The van der Waals surface area contributed by atoms with Crippen molar-refractivity contribution in [3.8, 4) is 0 Å². The summed E-state index contributed by atoms with van der Waals surface area (Å²) in [5.74, 6) is -0.977. The molecule has 0 atom stereocenters. The summed E-state index contributed by atoms with van der Waals surface area (Å²) >= 11 is 0. The summed E-state index contributed by atoms with van der Waals surface area (Å²) in [6.45, 7) is 6.93. The van der Waals surface area contributed by atoms with Gasteiger partial charge in [-0.1, -0.05) is 6.08 Å². The molecule has 0 aromatic heterocycles. The SMILES string of the molecule is C=CCN(CCO)C(=O)NCC(C)(C)C(=O)O. The van der Waals surface area contributed by atoms with Crippen molar-refractivity contribution in [1.29, 1.82) is 0 Å². The fourth-order valence-electron chi connectivity index (χ4n) is 1.04. The van der Waals surface area contributed by atoms with Crippen molar-refractivity contribution in [2.75, 3.05) is 26.2 Å². The Labute approximate surface area is 101 Å². The highest BCUT2D eigenvalue weighted by Gasteiger charge is 2.28. The Morgan fingerprint density at radius 2 is 2.06 bits per heavy atom. The summed E-state index contributed by atoms with van der Waals surface area (Å²) in [6.07, 6.45) is 1.54. The fraction of sp³-hybridized carbons (Fsp3) is 0.636. The van der Waals surface area contributed by atoms with Gasteiger partial charge in [-0.3, -0.25) is 4.79 Å². The first kappa shape index (κ1) is 15.4. The van der Waals surface area contributed by atoms with Crippen LogP contribution in [0, 0.1) is 5.41 Å². The van der Waals surface area contributed by atoms with Crippen molar-refractivity contribution in [2.45, 2.75) is 13.8 Å². The van der Waals surface area contributed by atoms with Crippen LogP contribution in [-0.4, -0.2) is 53.4 Å². The molecule has 0 aromatic rings. The molecule has 2 amide bonds. The molecule has 98 valence electrons. The highest BCUT2D eigenvalue weighted by Crippen LogP contribution is 2.13. The van der Waals surface area contributed by atoms with Crippen LogP contribution in [0.4, 0.5) is 4.79 Å². The standard InChI is InChI=1S/C11H20N2O4/c1-4-5-13(6-7-14)10(17)12-8-11(2,3)9(15)16/h4,14H,1,5-8H2,2-3H3,(H,12,17)(H,15,16). The van der Waals surface area contributed by atoms with Gasteiger partial charge in [0.2, 0.25) is 0 Å². The monoisotopic (exact) mass is 244 g/mol. The number of aliphatic carboxylic acids is 1. The molecular formula is C11H20N2O4. The number of amides is 2. The molecule has 3 N–H and O–H groups in total. The Hall–Kier alpha value is -1.56. The predicted octanol–water partition coefficient (Wildman–Crippen LogP) is 0.287. The molecule has 0 aliphatic heterocycles. The predicted molar refractivity (Wildman–Crippen MR) is 63.7 cm³/mol. The van der Waals surface area contributed by atoms with Gasteiger partial charge in [0.25, 0.3) is 0 Å². The Morgan fingerprint density at radius 3 is 2.47 bits per heavy atom. The third-order valence-electron chi connectivity index (χ3n) is 2.27. The minimum atomic E-state index is -1.02. The summed E-state index contributed by atoms with van der Waals surface area (Å²) in [5, 5.41) is 20.2. The molecule has 6 nitrogen and oxygen atoms in total. The van der Waals surface area contributed by atoms with E-state index >= 15 is 0 Å². The number of aliphatic hydroxyl groups excluding tert-OH is 1. The first-order valence-corrected chi connectivity index (χ1v) is 5.33. The number of aliphatic hydroxyl groups is 1. The number of hydrogen-bond donors (Lipinski definition) is 3. The van der Waals surface area contributed by atoms with Gasteiger partial charge in [-0.15, -0.1) is 6.58 Å². The van der Waals surface area contributed by atoms with Crippen LogP contribution in [0.15, 0.2) is 12.7 Å². The minimum absolute atomic E-state index is 0.0280. The van der Waals surface area contributed by atoms with Gasteiger partial charge >= 0.3 is 12.0 Å². The van der Waals surface area contributed by atoms with Gasteiger partial charge in [0, 0.05) is 19.6 Å². The van der Waals surface area contributed by atoms with E-state index in [1.807, 2.05) is 0 Å². The molecule has 6 heteroatoms. The summed E-state index contributed by atoms with van der Waals surface area (Å²) < 4.78 is 0. The van der Waals surface area contributed by atoms with E-state index in [1.165, 1.54) is 24.8 Å². The molecule has 17 heavy (non-hydrogen) atoms. The number of urea groups is 1. The van der Waals surface area contributed by atoms with Crippen LogP contribution in [0.25, 0.3) is 0 Å².